The van der Waals surface area contributed by atoms with Gasteiger partial charge in [-0.25, -0.2) is 0 Å². The summed E-state index contributed by atoms with van der Waals surface area (Å²) in [6.07, 6.45) is 3.20. The number of unbranched alkanes of at least 4 members (excludes halogenated alkanes) is 2. The van der Waals surface area contributed by atoms with E-state index in [1.165, 1.54) is 0 Å². The number of carboxylic acids is 1. The number of aliphatic carboxylic acids is 1. The van der Waals surface area contributed by atoms with Crippen LogP contribution in [0.4, 0.5) is 0 Å². The third kappa shape index (κ3) is 4.01. The lowest BCUT2D eigenvalue weighted by molar-refractivity contribution is -0.135. The lowest BCUT2D eigenvalue weighted by Gasteiger charge is -2.08. The first-order valence-corrected chi connectivity index (χ1v) is 4.07. The van der Waals surface area contributed by atoms with Crippen molar-refractivity contribution in [3.8, 4) is 0 Å². The molecular weight excluding hydrogens is 156 g/mol. The standard InChI is InChI=1S/C9H15O3/c1-3-4-5-6-8(7(2)10)9(11)12/h10H,2-6H2,1H3,(H,11,12). The number of aliphatic hydroxyl groups is 1. The largest absolute Gasteiger partial charge is 0.512 e. The summed E-state index contributed by atoms with van der Waals surface area (Å²) < 4.78 is 0. The molecule has 0 unspecified atom stereocenters. The first-order chi connectivity index (χ1) is 5.59. The highest BCUT2D eigenvalue weighted by atomic mass is 16.4. The smallest absolute Gasteiger partial charge is 0.318 e. The van der Waals surface area contributed by atoms with Crippen LogP contribution in [0.15, 0.2) is 12.3 Å². The number of rotatable bonds is 6. The minimum Gasteiger partial charge on any atom is -0.512 e. The third-order valence-electron chi connectivity index (χ3n) is 1.64. The van der Waals surface area contributed by atoms with Crippen molar-refractivity contribution in [2.45, 2.75) is 32.6 Å². The van der Waals surface area contributed by atoms with E-state index in [0.29, 0.717) is 6.42 Å². The molecule has 0 atom stereocenters. The van der Waals surface area contributed by atoms with Crippen LogP contribution in [0.5, 0.6) is 0 Å². The average Bonchev–Trinajstić information content (AvgIpc) is 1.96. The van der Waals surface area contributed by atoms with Gasteiger partial charge >= 0.3 is 5.97 Å². The zero-order chi connectivity index (χ0) is 9.56. The second-order valence-electron chi connectivity index (χ2n) is 2.69. The van der Waals surface area contributed by atoms with Gasteiger partial charge in [0.15, 0.2) is 0 Å². The Bertz CT molecular complexity index is 149. The highest BCUT2D eigenvalue weighted by Crippen LogP contribution is 2.17. The van der Waals surface area contributed by atoms with Crippen molar-refractivity contribution in [2.24, 2.45) is 0 Å². The van der Waals surface area contributed by atoms with Crippen molar-refractivity contribution in [1.29, 1.82) is 0 Å². The molecule has 0 aromatic rings. The van der Waals surface area contributed by atoms with Gasteiger partial charge in [0.05, 0.1) is 0 Å². The van der Waals surface area contributed by atoms with Crippen molar-refractivity contribution < 1.29 is 15.0 Å². The molecule has 0 rings (SSSR count). The summed E-state index contributed by atoms with van der Waals surface area (Å²) in [6.45, 7) is 5.23. The number of carboxylic acid groups (broad SMARTS) is 1. The van der Waals surface area contributed by atoms with Crippen molar-refractivity contribution in [3.63, 3.8) is 0 Å². The van der Waals surface area contributed by atoms with Gasteiger partial charge in [0.1, 0.15) is 11.7 Å². The van der Waals surface area contributed by atoms with Gasteiger partial charge in [-0.3, -0.25) is 4.79 Å². The molecule has 3 heteroatoms. The Labute approximate surface area is 72.7 Å². The topological polar surface area (TPSA) is 57.5 Å². The van der Waals surface area contributed by atoms with Crippen LogP contribution in [0.2, 0.25) is 0 Å². The van der Waals surface area contributed by atoms with Crippen LogP contribution >= 0.6 is 0 Å². The van der Waals surface area contributed by atoms with Crippen molar-refractivity contribution in [3.05, 3.63) is 18.3 Å². The maximum atomic E-state index is 10.5. The molecule has 0 saturated carbocycles. The van der Waals surface area contributed by atoms with Crippen LogP contribution in [0.1, 0.15) is 32.6 Å². The van der Waals surface area contributed by atoms with Gasteiger partial charge < -0.3 is 10.2 Å². The van der Waals surface area contributed by atoms with Crippen LogP contribution in [-0.2, 0) is 4.79 Å². The first kappa shape index (κ1) is 11.0. The fourth-order valence-electron chi connectivity index (χ4n) is 0.926. The molecule has 0 bridgehead atoms. The summed E-state index contributed by atoms with van der Waals surface area (Å²) in [4.78, 5) is 10.5. The monoisotopic (exact) mass is 171 g/mol. The van der Waals surface area contributed by atoms with E-state index in [1.54, 1.807) is 0 Å². The Morgan fingerprint density at radius 3 is 2.25 bits per heavy atom. The lowest BCUT2D eigenvalue weighted by Crippen LogP contribution is -2.12. The van der Waals surface area contributed by atoms with Gasteiger partial charge in [-0.15, -0.1) is 0 Å². The summed E-state index contributed by atoms with van der Waals surface area (Å²) in [7, 11) is 0. The molecule has 0 aliphatic rings. The van der Waals surface area contributed by atoms with Crippen molar-refractivity contribution in [1.82, 2.24) is 0 Å². The molecule has 0 aliphatic carbocycles. The molecule has 69 valence electrons. The van der Waals surface area contributed by atoms with Crippen LogP contribution in [-0.4, -0.2) is 16.2 Å². The van der Waals surface area contributed by atoms with E-state index in [0.717, 1.165) is 19.3 Å². The van der Waals surface area contributed by atoms with Crippen LogP contribution in [0, 0.1) is 5.92 Å². The minimum atomic E-state index is -1.07. The van der Waals surface area contributed by atoms with Gasteiger partial charge in [0.2, 0.25) is 0 Å². The SMILES string of the molecule is C=C(O)[C](CCCCC)C(=O)O. The minimum absolute atomic E-state index is 0.0310. The van der Waals surface area contributed by atoms with Gasteiger partial charge in [0.25, 0.3) is 0 Å². The second-order valence-corrected chi connectivity index (χ2v) is 2.69. The predicted octanol–water partition coefficient (Wildman–Crippen LogP) is 2.30. The molecule has 0 fully saturated rings. The van der Waals surface area contributed by atoms with E-state index in [1.807, 2.05) is 6.92 Å². The molecule has 0 amide bonds. The van der Waals surface area contributed by atoms with Gasteiger partial charge in [-0.2, -0.15) is 0 Å². The lowest BCUT2D eigenvalue weighted by atomic mass is 10.0. The van der Waals surface area contributed by atoms with E-state index in [2.05, 4.69) is 6.58 Å². The van der Waals surface area contributed by atoms with E-state index in [9.17, 15) is 4.79 Å². The summed E-state index contributed by atoms with van der Waals surface area (Å²) in [6, 6.07) is 0. The Morgan fingerprint density at radius 2 is 1.92 bits per heavy atom. The quantitative estimate of drug-likeness (QED) is 0.476. The first-order valence-electron chi connectivity index (χ1n) is 4.07. The molecule has 3 nitrogen and oxygen atoms in total. The predicted molar refractivity (Wildman–Crippen MR) is 46.8 cm³/mol. The highest BCUT2D eigenvalue weighted by Gasteiger charge is 2.20. The molecule has 2 N–H and O–H groups in total. The fraction of sp³-hybridized carbons (Fsp3) is 0.556. The summed E-state index contributed by atoms with van der Waals surface area (Å²) in [5.74, 6) is -1.36. The second kappa shape index (κ2) is 5.63. The highest BCUT2D eigenvalue weighted by molar-refractivity contribution is 5.86. The molecule has 0 spiro atoms. The molecule has 1 radical (unpaired) electrons. The number of hydrogen-bond acceptors (Lipinski definition) is 2. The van der Waals surface area contributed by atoms with Crippen molar-refractivity contribution in [2.75, 3.05) is 0 Å². The van der Waals surface area contributed by atoms with Gasteiger partial charge in [-0.05, 0) is 6.42 Å². The molecule has 0 saturated heterocycles. The zero-order valence-corrected chi connectivity index (χ0v) is 7.34. The molecule has 12 heavy (non-hydrogen) atoms. The molecule has 0 aliphatic heterocycles. The van der Waals surface area contributed by atoms with E-state index < -0.39 is 5.97 Å². The maximum absolute atomic E-state index is 10.5. The normalized spacial score (nSPS) is 10.2. The number of carbonyl (C=O) groups is 1. The maximum Gasteiger partial charge on any atom is 0.318 e. The molecule has 0 aromatic heterocycles. The van der Waals surface area contributed by atoms with E-state index in [4.69, 9.17) is 10.2 Å². The number of aliphatic hydroxyl groups excluding tert-OH is 1. The summed E-state index contributed by atoms with van der Waals surface area (Å²) in [5, 5.41) is 17.5. The van der Waals surface area contributed by atoms with E-state index in [-0.39, 0.29) is 11.7 Å². The third-order valence-corrected chi connectivity index (χ3v) is 1.64. The fourth-order valence-corrected chi connectivity index (χ4v) is 0.926. The number of hydrogen-bond donors (Lipinski definition) is 2. The molecule has 0 aromatic carbocycles. The molecular formula is C9H15O3. The zero-order valence-electron chi connectivity index (χ0n) is 7.34. The van der Waals surface area contributed by atoms with Crippen LogP contribution in [0.3, 0.4) is 0 Å². The summed E-state index contributed by atoms with van der Waals surface area (Å²) >= 11 is 0. The Balaban J connectivity index is 3.80. The Hall–Kier alpha value is -0.990. The Morgan fingerprint density at radius 1 is 1.33 bits per heavy atom. The van der Waals surface area contributed by atoms with Crippen LogP contribution < -0.4 is 0 Å². The summed E-state index contributed by atoms with van der Waals surface area (Å²) in [5.41, 5.74) is 0. The Kier molecular flexibility index (Phi) is 5.17. The molecule has 0 heterocycles. The van der Waals surface area contributed by atoms with Crippen molar-refractivity contribution >= 4 is 5.97 Å². The van der Waals surface area contributed by atoms with Gasteiger partial charge in [0, 0.05) is 0 Å². The van der Waals surface area contributed by atoms with E-state index >= 15 is 0 Å². The van der Waals surface area contributed by atoms with Crippen LogP contribution in [0.25, 0.3) is 0 Å². The average molecular weight is 171 g/mol. The van der Waals surface area contributed by atoms with Gasteiger partial charge in [-0.1, -0.05) is 32.8 Å².